The normalized spacial score (nSPS) is 13.1. The van der Waals surface area contributed by atoms with Crippen LogP contribution in [0.2, 0.25) is 0 Å². The van der Waals surface area contributed by atoms with Crippen LogP contribution in [0.25, 0.3) is 0 Å². The molecule has 0 radical (unpaired) electrons. The summed E-state index contributed by atoms with van der Waals surface area (Å²) in [6.45, 7) is 4.58. The fourth-order valence-corrected chi connectivity index (χ4v) is 1.32. The first-order chi connectivity index (χ1) is 6.65. The zero-order valence-corrected chi connectivity index (χ0v) is 9.25. The van der Waals surface area contributed by atoms with E-state index in [2.05, 4.69) is 19.2 Å². The average molecular weight is 203 g/mol. The minimum absolute atomic E-state index is 0.285. The standard InChI is InChI=1S/C10H21NO3/c1-4-8(5-2)11-9(10(12)13)6-7-14-3/h8-9,11H,4-7H2,1-3H3,(H,12,13). The zero-order chi connectivity index (χ0) is 11.0. The van der Waals surface area contributed by atoms with Crippen molar-refractivity contribution < 1.29 is 14.6 Å². The SMILES string of the molecule is CCC(CC)NC(CCOC)C(=O)O. The molecule has 0 saturated heterocycles. The topological polar surface area (TPSA) is 58.6 Å². The molecule has 0 spiro atoms. The van der Waals surface area contributed by atoms with Crippen molar-refractivity contribution >= 4 is 5.97 Å². The van der Waals surface area contributed by atoms with E-state index in [1.807, 2.05) is 0 Å². The van der Waals surface area contributed by atoms with Crippen molar-refractivity contribution in [1.82, 2.24) is 5.32 Å². The monoisotopic (exact) mass is 203 g/mol. The largest absolute Gasteiger partial charge is 0.480 e. The lowest BCUT2D eigenvalue weighted by Crippen LogP contribution is -2.43. The van der Waals surface area contributed by atoms with Crippen LogP contribution >= 0.6 is 0 Å². The summed E-state index contributed by atoms with van der Waals surface area (Å²) in [6.07, 6.45) is 2.42. The van der Waals surface area contributed by atoms with Gasteiger partial charge < -0.3 is 15.2 Å². The number of aliphatic carboxylic acids is 1. The van der Waals surface area contributed by atoms with Gasteiger partial charge in [0, 0.05) is 19.8 Å². The van der Waals surface area contributed by atoms with Gasteiger partial charge in [-0.05, 0) is 19.3 Å². The Labute approximate surface area is 85.6 Å². The fraction of sp³-hybridized carbons (Fsp3) is 0.900. The van der Waals surface area contributed by atoms with Crippen LogP contribution < -0.4 is 5.32 Å². The summed E-state index contributed by atoms with van der Waals surface area (Å²) in [5.41, 5.74) is 0. The molecule has 4 heteroatoms. The molecule has 0 aromatic rings. The van der Waals surface area contributed by atoms with Crippen molar-refractivity contribution in [3.8, 4) is 0 Å². The fourth-order valence-electron chi connectivity index (χ4n) is 1.32. The van der Waals surface area contributed by atoms with Crippen LogP contribution in [0.1, 0.15) is 33.1 Å². The van der Waals surface area contributed by atoms with Crippen molar-refractivity contribution in [3.63, 3.8) is 0 Å². The highest BCUT2D eigenvalue weighted by molar-refractivity contribution is 5.73. The Kier molecular flexibility index (Phi) is 7.42. The van der Waals surface area contributed by atoms with Crippen molar-refractivity contribution in [2.75, 3.05) is 13.7 Å². The van der Waals surface area contributed by atoms with Crippen molar-refractivity contribution in [1.29, 1.82) is 0 Å². The zero-order valence-electron chi connectivity index (χ0n) is 9.25. The Morgan fingerprint density at radius 2 is 2.00 bits per heavy atom. The van der Waals surface area contributed by atoms with Gasteiger partial charge in [0.15, 0.2) is 0 Å². The second-order valence-electron chi connectivity index (χ2n) is 3.35. The van der Waals surface area contributed by atoms with Gasteiger partial charge in [-0.1, -0.05) is 13.8 Å². The Balaban J connectivity index is 4.00. The number of carboxylic acid groups (broad SMARTS) is 1. The van der Waals surface area contributed by atoms with Gasteiger partial charge in [0.2, 0.25) is 0 Å². The van der Waals surface area contributed by atoms with Crippen LogP contribution in [0.5, 0.6) is 0 Å². The van der Waals surface area contributed by atoms with Crippen LogP contribution in [0, 0.1) is 0 Å². The lowest BCUT2D eigenvalue weighted by molar-refractivity contribution is -0.140. The maximum atomic E-state index is 10.9. The quantitative estimate of drug-likeness (QED) is 0.623. The van der Waals surface area contributed by atoms with Crippen LogP contribution in [-0.2, 0) is 9.53 Å². The molecule has 0 saturated carbocycles. The average Bonchev–Trinajstić information content (AvgIpc) is 2.18. The molecule has 0 bridgehead atoms. The van der Waals surface area contributed by atoms with E-state index >= 15 is 0 Å². The first-order valence-corrected chi connectivity index (χ1v) is 5.13. The van der Waals surface area contributed by atoms with Crippen LogP contribution in [0.3, 0.4) is 0 Å². The van der Waals surface area contributed by atoms with Crippen molar-refractivity contribution in [2.45, 2.75) is 45.2 Å². The minimum atomic E-state index is -0.797. The van der Waals surface area contributed by atoms with Crippen molar-refractivity contribution in [3.05, 3.63) is 0 Å². The maximum absolute atomic E-state index is 10.9. The van der Waals surface area contributed by atoms with Gasteiger partial charge in [0.25, 0.3) is 0 Å². The molecule has 0 aromatic carbocycles. The first-order valence-electron chi connectivity index (χ1n) is 5.13. The van der Waals surface area contributed by atoms with E-state index in [1.54, 1.807) is 7.11 Å². The lowest BCUT2D eigenvalue weighted by Gasteiger charge is -2.20. The Morgan fingerprint density at radius 3 is 2.36 bits per heavy atom. The third kappa shape index (κ3) is 5.19. The summed E-state index contributed by atoms with van der Waals surface area (Å²) >= 11 is 0. The molecule has 0 aliphatic carbocycles. The predicted molar refractivity (Wildman–Crippen MR) is 55.4 cm³/mol. The molecule has 0 aliphatic rings. The van der Waals surface area contributed by atoms with E-state index in [4.69, 9.17) is 9.84 Å². The molecule has 1 unspecified atom stereocenters. The summed E-state index contributed by atoms with van der Waals surface area (Å²) in [5, 5.41) is 12.0. The van der Waals surface area contributed by atoms with E-state index in [0.717, 1.165) is 12.8 Å². The van der Waals surface area contributed by atoms with E-state index in [0.29, 0.717) is 13.0 Å². The molecular weight excluding hydrogens is 182 g/mol. The van der Waals surface area contributed by atoms with Gasteiger partial charge in [0.1, 0.15) is 6.04 Å². The molecule has 0 fully saturated rings. The molecule has 84 valence electrons. The van der Waals surface area contributed by atoms with E-state index in [1.165, 1.54) is 0 Å². The molecule has 0 rings (SSSR count). The van der Waals surface area contributed by atoms with Gasteiger partial charge in [-0.3, -0.25) is 4.79 Å². The Hall–Kier alpha value is -0.610. The molecule has 2 N–H and O–H groups in total. The van der Waals surface area contributed by atoms with Gasteiger partial charge in [-0.2, -0.15) is 0 Å². The van der Waals surface area contributed by atoms with Crippen LogP contribution in [0.4, 0.5) is 0 Å². The number of ether oxygens (including phenoxy) is 1. The Morgan fingerprint density at radius 1 is 1.43 bits per heavy atom. The summed E-state index contributed by atoms with van der Waals surface area (Å²) in [4.78, 5) is 10.9. The summed E-state index contributed by atoms with van der Waals surface area (Å²) in [6, 6.07) is -0.201. The molecule has 1 atom stereocenters. The molecule has 0 aromatic heterocycles. The van der Waals surface area contributed by atoms with Gasteiger partial charge in [0.05, 0.1) is 0 Å². The third-order valence-electron chi connectivity index (χ3n) is 2.33. The summed E-state index contributed by atoms with van der Waals surface area (Å²) < 4.78 is 4.87. The molecular formula is C10H21NO3. The number of hydrogen-bond donors (Lipinski definition) is 2. The van der Waals surface area contributed by atoms with Crippen molar-refractivity contribution in [2.24, 2.45) is 0 Å². The second-order valence-corrected chi connectivity index (χ2v) is 3.35. The lowest BCUT2D eigenvalue weighted by atomic mass is 10.1. The summed E-state index contributed by atoms with van der Waals surface area (Å²) in [5.74, 6) is -0.797. The molecule has 14 heavy (non-hydrogen) atoms. The number of carbonyl (C=O) groups is 1. The van der Waals surface area contributed by atoms with Gasteiger partial charge >= 0.3 is 5.97 Å². The van der Waals surface area contributed by atoms with E-state index in [-0.39, 0.29) is 6.04 Å². The third-order valence-corrected chi connectivity index (χ3v) is 2.33. The van der Waals surface area contributed by atoms with E-state index in [9.17, 15) is 4.79 Å². The Bertz CT molecular complexity index is 157. The van der Waals surface area contributed by atoms with Crippen LogP contribution in [0.15, 0.2) is 0 Å². The highest BCUT2D eigenvalue weighted by Gasteiger charge is 2.19. The first kappa shape index (κ1) is 13.4. The highest BCUT2D eigenvalue weighted by Crippen LogP contribution is 2.01. The van der Waals surface area contributed by atoms with E-state index < -0.39 is 12.0 Å². The summed E-state index contributed by atoms with van der Waals surface area (Å²) in [7, 11) is 1.58. The molecule has 0 amide bonds. The predicted octanol–water partition coefficient (Wildman–Crippen LogP) is 1.25. The molecule has 0 aliphatic heterocycles. The maximum Gasteiger partial charge on any atom is 0.320 e. The van der Waals surface area contributed by atoms with Crippen LogP contribution in [-0.4, -0.2) is 36.9 Å². The van der Waals surface area contributed by atoms with Gasteiger partial charge in [-0.25, -0.2) is 0 Å². The smallest absolute Gasteiger partial charge is 0.320 e. The number of methoxy groups -OCH3 is 1. The molecule has 4 nitrogen and oxygen atoms in total. The number of nitrogens with one attached hydrogen (secondary N) is 1. The second kappa shape index (κ2) is 7.76. The number of hydrogen-bond acceptors (Lipinski definition) is 3. The van der Waals surface area contributed by atoms with Gasteiger partial charge in [-0.15, -0.1) is 0 Å². The number of rotatable bonds is 8. The molecule has 0 heterocycles. The number of carboxylic acids is 1. The minimum Gasteiger partial charge on any atom is -0.480 e. The highest BCUT2D eigenvalue weighted by atomic mass is 16.5.